The van der Waals surface area contributed by atoms with Crippen molar-refractivity contribution < 1.29 is 13.2 Å². The molecule has 1 aromatic heterocycles. The fourth-order valence-corrected chi connectivity index (χ4v) is 3.81. The summed E-state index contributed by atoms with van der Waals surface area (Å²) in [6.07, 6.45) is 3.76. The summed E-state index contributed by atoms with van der Waals surface area (Å²) in [5.74, 6) is -0.445. The molecule has 7 nitrogen and oxygen atoms in total. The number of benzene rings is 1. The SMILES string of the molecule is NS(=O)(=O)CC1CC(=O)N(Cc2ccccc2-n2cccn2)C1. The quantitative estimate of drug-likeness (QED) is 0.861. The van der Waals surface area contributed by atoms with Crippen LogP contribution < -0.4 is 5.14 Å². The van der Waals surface area contributed by atoms with E-state index in [1.165, 1.54) is 0 Å². The van der Waals surface area contributed by atoms with Crippen molar-refractivity contribution in [2.75, 3.05) is 12.3 Å². The van der Waals surface area contributed by atoms with Gasteiger partial charge < -0.3 is 4.90 Å². The summed E-state index contributed by atoms with van der Waals surface area (Å²) in [5.41, 5.74) is 1.86. The van der Waals surface area contributed by atoms with Crippen molar-refractivity contribution in [1.29, 1.82) is 0 Å². The van der Waals surface area contributed by atoms with E-state index in [2.05, 4.69) is 5.10 Å². The van der Waals surface area contributed by atoms with Gasteiger partial charge in [-0.15, -0.1) is 0 Å². The largest absolute Gasteiger partial charge is 0.338 e. The molecule has 0 radical (unpaired) electrons. The maximum Gasteiger partial charge on any atom is 0.223 e. The molecule has 1 unspecified atom stereocenters. The third kappa shape index (κ3) is 3.77. The molecule has 1 amide bonds. The maximum absolute atomic E-state index is 12.1. The molecule has 8 heteroatoms. The van der Waals surface area contributed by atoms with Crippen LogP contribution in [0.5, 0.6) is 0 Å². The van der Waals surface area contributed by atoms with E-state index in [0.29, 0.717) is 13.1 Å². The fraction of sp³-hybridized carbons (Fsp3) is 0.333. The lowest BCUT2D eigenvalue weighted by atomic mass is 10.1. The van der Waals surface area contributed by atoms with Crippen LogP contribution in [0.2, 0.25) is 0 Å². The molecule has 1 aliphatic rings. The average Bonchev–Trinajstić information content (AvgIpc) is 3.09. The van der Waals surface area contributed by atoms with Gasteiger partial charge in [0.05, 0.1) is 11.4 Å². The Balaban J connectivity index is 1.77. The van der Waals surface area contributed by atoms with Crippen LogP contribution in [0.4, 0.5) is 0 Å². The summed E-state index contributed by atoms with van der Waals surface area (Å²) < 4.78 is 24.2. The minimum Gasteiger partial charge on any atom is -0.338 e. The second-order valence-corrected chi connectivity index (χ2v) is 7.41. The molecular formula is C15H18N4O3S. The van der Waals surface area contributed by atoms with Crippen LogP contribution in [0.15, 0.2) is 42.7 Å². The van der Waals surface area contributed by atoms with Crippen LogP contribution in [-0.2, 0) is 21.4 Å². The Kier molecular flexibility index (Phi) is 4.18. The molecule has 1 atom stereocenters. The van der Waals surface area contributed by atoms with Crippen LogP contribution in [0.25, 0.3) is 5.69 Å². The predicted molar refractivity (Wildman–Crippen MR) is 85.1 cm³/mol. The molecule has 2 N–H and O–H groups in total. The van der Waals surface area contributed by atoms with Crippen LogP contribution >= 0.6 is 0 Å². The average molecular weight is 334 g/mol. The molecule has 2 aromatic rings. The first-order valence-electron chi connectivity index (χ1n) is 7.28. The van der Waals surface area contributed by atoms with Gasteiger partial charge in [0.1, 0.15) is 0 Å². The standard InChI is InChI=1S/C15H18N4O3S/c16-23(21,22)11-12-8-15(20)18(9-12)10-13-4-1-2-5-14(13)19-7-3-6-17-19/h1-7,12H,8-11H2,(H2,16,21,22). The van der Waals surface area contributed by atoms with Crippen molar-refractivity contribution in [3.05, 3.63) is 48.3 Å². The lowest BCUT2D eigenvalue weighted by molar-refractivity contribution is -0.128. The number of rotatable bonds is 5. The first-order valence-corrected chi connectivity index (χ1v) is 9.00. The number of para-hydroxylation sites is 1. The predicted octanol–water partition coefficient (Wildman–Crippen LogP) is 0.509. The third-order valence-corrected chi connectivity index (χ3v) is 4.80. The Hall–Kier alpha value is -2.19. The Morgan fingerprint density at radius 1 is 1.26 bits per heavy atom. The molecule has 122 valence electrons. The summed E-state index contributed by atoms with van der Waals surface area (Å²) >= 11 is 0. The normalized spacial score (nSPS) is 18.6. The second-order valence-electron chi connectivity index (χ2n) is 5.75. The zero-order valence-corrected chi connectivity index (χ0v) is 13.3. The van der Waals surface area contributed by atoms with Crippen LogP contribution in [0, 0.1) is 5.92 Å². The molecule has 0 saturated carbocycles. The van der Waals surface area contributed by atoms with E-state index < -0.39 is 10.0 Å². The minimum atomic E-state index is -3.56. The van der Waals surface area contributed by atoms with Gasteiger partial charge in [0.25, 0.3) is 0 Å². The molecule has 23 heavy (non-hydrogen) atoms. The van der Waals surface area contributed by atoms with E-state index in [1.807, 2.05) is 36.5 Å². The molecule has 1 aliphatic heterocycles. The number of primary sulfonamides is 1. The number of carbonyl (C=O) groups excluding carboxylic acids is 1. The molecule has 0 spiro atoms. The Labute approximate surface area is 134 Å². The van der Waals surface area contributed by atoms with E-state index in [0.717, 1.165) is 11.3 Å². The molecular weight excluding hydrogens is 316 g/mol. The molecule has 0 bridgehead atoms. The van der Waals surface area contributed by atoms with Crippen molar-refractivity contribution in [3.63, 3.8) is 0 Å². The van der Waals surface area contributed by atoms with Gasteiger partial charge in [-0.05, 0) is 17.7 Å². The first kappa shape index (κ1) is 15.7. The van der Waals surface area contributed by atoms with Gasteiger partial charge in [-0.25, -0.2) is 18.2 Å². The number of hydrogen-bond donors (Lipinski definition) is 1. The highest BCUT2D eigenvalue weighted by Gasteiger charge is 2.32. The smallest absolute Gasteiger partial charge is 0.223 e. The number of hydrogen-bond acceptors (Lipinski definition) is 4. The Morgan fingerprint density at radius 2 is 2.04 bits per heavy atom. The van der Waals surface area contributed by atoms with E-state index in [9.17, 15) is 13.2 Å². The fourth-order valence-electron chi connectivity index (χ4n) is 2.93. The lowest BCUT2D eigenvalue weighted by Crippen LogP contribution is -2.27. The van der Waals surface area contributed by atoms with Gasteiger partial charge >= 0.3 is 0 Å². The zero-order valence-electron chi connectivity index (χ0n) is 12.5. The number of nitrogens with two attached hydrogens (primary N) is 1. The monoisotopic (exact) mass is 334 g/mol. The van der Waals surface area contributed by atoms with Crippen molar-refractivity contribution in [1.82, 2.24) is 14.7 Å². The highest BCUT2D eigenvalue weighted by molar-refractivity contribution is 7.89. The van der Waals surface area contributed by atoms with E-state index >= 15 is 0 Å². The minimum absolute atomic E-state index is 0.0473. The van der Waals surface area contributed by atoms with Crippen LogP contribution in [0.1, 0.15) is 12.0 Å². The second kappa shape index (κ2) is 6.13. The van der Waals surface area contributed by atoms with Crippen LogP contribution in [0.3, 0.4) is 0 Å². The number of sulfonamides is 1. The van der Waals surface area contributed by atoms with Gasteiger partial charge in [0, 0.05) is 37.8 Å². The lowest BCUT2D eigenvalue weighted by Gasteiger charge is -2.19. The molecule has 0 aliphatic carbocycles. The first-order chi connectivity index (χ1) is 10.9. The van der Waals surface area contributed by atoms with Gasteiger partial charge in [-0.3, -0.25) is 4.79 Å². The Morgan fingerprint density at radius 3 is 2.74 bits per heavy atom. The summed E-state index contributed by atoms with van der Waals surface area (Å²) in [6.45, 7) is 0.832. The van der Waals surface area contributed by atoms with Crippen molar-refractivity contribution in [3.8, 4) is 5.69 Å². The van der Waals surface area contributed by atoms with Gasteiger partial charge in [0.2, 0.25) is 15.9 Å². The highest BCUT2D eigenvalue weighted by Crippen LogP contribution is 2.23. The van der Waals surface area contributed by atoms with Crippen LogP contribution in [-0.4, -0.2) is 41.3 Å². The number of nitrogens with zero attached hydrogens (tertiary/aromatic N) is 3. The van der Waals surface area contributed by atoms with Gasteiger partial charge in [-0.2, -0.15) is 5.10 Å². The van der Waals surface area contributed by atoms with Crippen molar-refractivity contribution in [2.24, 2.45) is 11.1 Å². The summed E-state index contributed by atoms with van der Waals surface area (Å²) in [7, 11) is -3.56. The molecule has 1 aromatic carbocycles. The Bertz CT molecular complexity index is 802. The van der Waals surface area contributed by atoms with E-state index in [4.69, 9.17) is 5.14 Å². The summed E-state index contributed by atoms with van der Waals surface area (Å²) in [5, 5.41) is 9.30. The number of amides is 1. The topological polar surface area (TPSA) is 98.3 Å². The maximum atomic E-state index is 12.1. The van der Waals surface area contributed by atoms with E-state index in [1.54, 1.807) is 15.8 Å². The van der Waals surface area contributed by atoms with Crippen molar-refractivity contribution >= 4 is 15.9 Å². The highest BCUT2D eigenvalue weighted by atomic mass is 32.2. The van der Waals surface area contributed by atoms with Gasteiger partial charge in [0.15, 0.2) is 0 Å². The molecule has 3 rings (SSSR count). The zero-order chi connectivity index (χ0) is 16.4. The van der Waals surface area contributed by atoms with E-state index in [-0.39, 0.29) is 24.0 Å². The number of likely N-dealkylation sites (tertiary alicyclic amines) is 1. The van der Waals surface area contributed by atoms with Gasteiger partial charge in [-0.1, -0.05) is 18.2 Å². The summed E-state index contributed by atoms with van der Waals surface area (Å²) in [6, 6.07) is 9.53. The molecule has 1 fully saturated rings. The molecule has 2 heterocycles. The molecule has 1 saturated heterocycles. The summed E-state index contributed by atoms with van der Waals surface area (Å²) in [4.78, 5) is 13.8. The number of aromatic nitrogens is 2. The number of carbonyl (C=O) groups is 1. The van der Waals surface area contributed by atoms with Crippen molar-refractivity contribution in [2.45, 2.75) is 13.0 Å². The third-order valence-electron chi connectivity index (χ3n) is 3.87.